The number of carbonyl (C=O) groups is 1. The smallest absolute Gasteiger partial charge is 0.239 e. The lowest BCUT2D eigenvalue weighted by Gasteiger charge is -2.34. The Morgan fingerprint density at radius 2 is 2.13 bits per heavy atom. The molecule has 0 aromatic carbocycles. The van der Waals surface area contributed by atoms with Gasteiger partial charge in [-0.15, -0.1) is 0 Å². The van der Waals surface area contributed by atoms with Crippen LogP contribution >= 0.6 is 0 Å². The van der Waals surface area contributed by atoms with Crippen molar-refractivity contribution in [2.45, 2.75) is 70.0 Å². The minimum atomic E-state index is 0.0567. The van der Waals surface area contributed by atoms with E-state index in [1.54, 1.807) is 0 Å². The number of nitrogens with zero attached hydrogens (tertiary/aromatic N) is 3. The second kappa shape index (κ2) is 6.27. The van der Waals surface area contributed by atoms with Crippen LogP contribution in [0.4, 0.5) is 0 Å². The molecule has 0 bridgehead atoms. The SMILES string of the molecule is Cc1cnn(C2CCCN(C(=O)C3CC4CCCCC4N3)C2)c1. The summed E-state index contributed by atoms with van der Waals surface area (Å²) in [6.45, 7) is 3.79. The lowest BCUT2D eigenvalue weighted by atomic mass is 9.85. The maximum absolute atomic E-state index is 13.0. The topological polar surface area (TPSA) is 50.2 Å². The number of hydrogen-bond acceptors (Lipinski definition) is 3. The third kappa shape index (κ3) is 3.03. The summed E-state index contributed by atoms with van der Waals surface area (Å²) < 4.78 is 2.05. The third-order valence-corrected chi connectivity index (χ3v) is 5.97. The summed E-state index contributed by atoms with van der Waals surface area (Å²) in [7, 11) is 0. The molecule has 3 fully saturated rings. The van der Waals surface area contributed by atoms with Gasteiger partial charge in [-0.1, -0.05) is 12.8 Å². The zero-order valence-corrected chi connectivity index (χ0v) is 14.1. The number of fused-ring (bicyclic) bond motifs is 1. The molecule has 1 aliphatic carbocycles. The van der Waals surface area contributed by atoms with Crippen molar-refractivity contribution in [1.82, 2.24) is 20.0 Å². The summed E-state index contributed by atoms with van der Waals surface area (Å²) in [4.78, 5) is 15.0. The lowest BCUT2D eigenvalue weighted by molar-refractivity contribution is -0.134. The number of carbonyl (C=O) groups excluding carboxylic acids is 1. The molecule has 5 heteroatoms. The van der Waals surface area contributed by atoms with Gasteiger partial charge in [-0.05, 0) is 50.5 Å². The van der Waals surface area contributed by atoms with Crippen LogP contribution < -0.4 is 5.32 Å². The van der Waals surface area contributed by atoms with Crippen molar-refractivity contribution in [3.63, 3.8) is 0 Å². The Morgan fingerprint density at radius 3 is 2.91 bits per heavy atom. The van der Waals surface area contributed by atoms with Gasteiger partial charge in [0.25, 0.3) is 0 Å². The number of aromatic nitrogens is 2. The molecular weight excluding hydrogens is 288 g/mol. The quantitative estimate of drug-likeness (QED) is 0.910. The number of amides is 1. The molecule has 23 heavy (non-hydrogen) atoms. The first-order valence-corrected chi connectivity index (χ1v) is 9.26. The summed E-state index contributed by atoms with van der Waals surface area (Å²) >= 11 is 0. The average Bonchev–Trinajstić information content (AvgIpc) is 3.20. The minimum absolute atomic E-state index is 0.0567. The Morgan fingerprint density at radius 1 is 1.26 bits per heavy atom. The van der Waals surface area contributed by atoms with Gasteiger partial charge in [0, 0.05) is 25.3 Å². The number of likely N-dealkylation sites (tertiary alicyclic amines) is 1. The molecule has 1 saturated carbocycles. The van der Waals surface area contributed by atoms with Crippen LogP contribution in [0.1, 0.15) is 56.6 Å². The molecule has 1 amide bonds. The van der Waals surface area contributed by atoms with Gasteiger partial charge in [0.05, 0.1) is 18.3 Å². The minimum Gasteiger partial charge on any atom is -0.339 e. The summed E-state index contributed by atoms with van der Waals surface area (Å²) in [6.07, 6.45) is 12.5. The van der Waals surface area contributed by atoms with E-state index < -0.39 is 0 Å². The summed E-state index contributed by atoms with van der Waals surface area (Å²) in [5.41, 5.74) is 1.19. The van der Waals surface area contributed by atoms with E-state index in [-0.39, 0.29) is 6.04 Å². The molecule has 4 rings (SSSR count). The van der Waals surface area contributed by atoms with E-state index in [1.807, 2.05) is 6.20 Å². The Kier molecular flexibility index (Phi) is 4.14. The van der Waals surface area contributed by atoms with Gasteiger partial charge in [0.2, 0.25) is 5.91 Å². The molecule has 2 saturated heterocycles. The van der Waals surface area contributed by atoms with E-state index in [0.717, 1.165) is 38.3 Å². The van der Waals surface area contributed by atoms with Crippen LogP contribution in [0.15, 0.2) is 12.4 Å². The number of rotatable bonds is 2. The van der Waals surface area contributed by atoms with E-state index in [2.05, 4.69) is 33.1 Å². The first-order valence-electron chi connectivity index (χ1n) is 9.26. The van der Waals surface area contributed by atoms with Crippen molar-refractivity contribution < 1.29 is 4.79 Å². The van der Waals surface area contributed by atoms with Gasteiger partial charge in [0.1, 0.15) is 0 Å². The van der Waals surface area contributed by atoms with Crippen LogP contribution in [0.25, 0.3) is 0 Å². The highest BCUT2D eigenvalue weighted by molar-refractivity contribution is 5.82. The van der Waals surface area contributed by atoms with Crippen LogP contribution in [0.3, 0.4) is 0 Å². The molecule has 4 unspecified atom stereocenters. The Balaban J connectivity index is 1.40. The molecule has 126 valence electrons. The third-order valence-electron chi connectivity index (χ3n) is 5.97. The fourth-order valence-electron chi connectivity index (χ4n) is 4.73. The van der Waals surface area contributed by atoms with Gasteiger partial charge >= 0.3 is 0 Å². The Bertz CT molecular complexity index is 555. The molecule has 0 radical (unpaired) electrons. The van der Waals surface area contributed by atoms with Crippen molar-refractivity contribution in [2.24, 2.45) is 5.92 Å². The first kappa shape index (κ1) is 15.2. The maximum atomic E-state index is 13.0. The van der Waals surface area contributed by atoms with Crippen LogP contribution in [0.5, 0.6) is 0 Å². The lowest BCUT2D eigenvalue weighted by Crippen LogP contribution is -2.49. The summed E-state index contributed by atoms with van der Waals surface area (Å²) in [6, 6.07) is 0.985. The van der Waals surface area contributed by atoms with E-state index in [0.29, 0.717) is 18.0 Å². The maximum Gasteiger partial charge on any atom is 0.239 e. The van der Waals surface area contributed by atoms with Crippen LogP contribution in [0, 0.1) is 12.8 Å². The zero-order valence-electron chi connectivity index (χ0n) is 14.1. The summed E-state index contributed by atoms with van der Waals surface area (Å²) in [5.74, 6) is 1.06. The number of aryl methyl sites for hydroxylation is 1. The van der Waals surface area contributed by atoms with Gasteiger partial charge in [0.15, 0.2) is 0 Å². The Labute approximate surface area is 138 Å². The first-order chi connectivity index (χ1) is 11.2. The summed E-state index contributed by atoms with van der Waals surface area (Å²) in [5, 5.41) is 8.09. The molecule has 5 nitrogen and oxygen atoms in total. The van der Waals surface area contributed by atoms with Crippen molar-refractivity contribution in [3.05, 3.63) is 18.0 Å². The van der Waals surface area contributed by atoms with Gasteiger partial charge < -0.3 is 10.2 Å². The molecule has 1 N–H and O–H groups in total. The fourth-order valence-corrected chi connectivity index (χ4v) is 4.73. The number of hydrogen-bond donors (Lipinski definition) is 1. The standard InChI is InChI=1S/C18H28N4O/c1-13-10-19-22(11-13)15-6-4-8-21(12-15)18(23)17-9-14-5-2-3-7-16(14)20-17/h10-11,14-17,20H,2-9,12H2,1H3. The molecule has 4 atom stereocenters. The second-order valence-corrected chi connectivity index (χ2v) is 7.68. The van der Waals surface area contributed by atoms with Crippen molar-refractivity contribution in [1.29, 1.82) is 0 Å². The van der Waals surface area contributed by atoms with E-state index in [9.17, 15) is 4.79 Å². The van der Waals surface area contributed by atoms with Crippen LogP contribution in [-0.2, 0) is 4.79 Å². The molecule has 1 aromatic heterocycles. The van der Waals surface area contributed by atoms with Gasteiger partial charge in [-0.25, -0.2) is 0 Å². The molecule has 1 aromatic rings. The van der Waals surface area contributed by atoms with E-state index in [1.165, 1.54) is 31.2 Å². The largest absolute Gasteiger partial charge is 0.339 e. The van der Waals surface area contributed by atoms with Crippen molar-refractivity contribution in [2.75, 3.05) is 13.1 Å². The van der Waals surface area contributed by atoms with E-state index in [4.69, 9.17) is 0 Å². The van der Waals surface area contributed by atoms with Crippen LogP contribution in [0.2, 0.25) is 0 Å². The van der Waals surface area contributed by atoms with Crippen LogP contribution in [-0.4, -0.2) is 45.8 Å². The van der Waals surface area contributed by atoms with Crippen molar-refractivity contribution in [3.8, 4) is 0 Å². The molecule has 2 aliphatic heterocycles. The molecule has 3 heterocycles. The number of piperidine rings is 1. The highest BCUT2D eigenvalue weighted by Gasteiger charge is 2.40. The normalized spacial score (nSPS) is 34.4. The second-order valence-electron chi connectivity index (χ2n) is 7.68. The predicted octanol–water partition coefficient (Wildman–Crippen LogP) is 2.28. The van der Waals surface area contributed by atoms with E-state index >= 15 is 0 Å². The number of nitrogens with one attached hydrogen (secondary N) is 1. The molecule has 0 spiro atoms. The molecular formula is C18H28N4O. The monoisotopic (exact) mass is 316 g/mol. The molecule has 3 aliphatic rings. The fraction of sp³-hybridized carbons (Fsp3) is 0.778. The zero-order chi connectivity index (χ0) is 15.8. The highest BCUT2D eigenvalue weighted by Crippen LogP contribution is 2.34. The highest BCUT2D eigenvalue weighted by atomic mass is 16.2. The Hall–Kier alpha value is -1.36. The van der Waals surface area contributed by atoms with Gasteiger partial charge in [-0.2, -0.15) is 5.10 Å². The van der Waals surface area contributed by atoms with Gasteiger partial charge in [-0.3, -0.25) is 9.48 Å². The average molecular weight is 316 g/mol. The van der Waals surface area contributed by atoms with Crippen molar-refractivity contribution >= 4 is 5.91 Å². The predicted molar refractivity (Wildman–Crippen MR) is 89.1 cm³/mol.